The normalized spacial score (nSPS) is 11.8. The highest BCUT2D eigenvalue weighted by molar-refractivity contribution is 7.85. The van der Waals surface area contributed by atoms with Gasteiger partial charge in [0.25, 0.3) is 0 Å². The van der Waals surface area contributed by atoms with E-state index in [4.69, 9.17) is 4.98 Å². The molecule has 0 bridgehead atoms. The zero-order valence-electron chi connectivity index (χ0n) is 17.7. The van der Waals surface area contributed by atoms with Gasteiger partial charge in [-0.05, 0) is 24.3 Å². The molecule has 0 fully saturated rings. The fraction of sp³-hybridized carbons (Fsp3) is 0. The Morgan fingerprint density at radius 3 is 1.97 bits per heavy atom. The lowest BCUT2D eigenvalue weighted by atomic mass is 10.2. The Morgan fingerprint density at radius 2 is 1.24 bits per heavy atom. The minimum atomic E-state index is -3.17. The van der Waals surface area contributed by atoms with Gasteiger partial charge in [-0.15, -0.1) is 0 Å². The summed E-state index contributed by atoms with van der Waals surface area (Å²) in [5.74, 6) is 0.721. The van der Waals surface area contributed by atoms with E-state index >= 15 is 0 Å². The summed E-state index contributed by atoms with van der Waals surface area (Å²) in [5.41, 5.74) is 2.57. The predicted molar refractivity (Wildman–Crippen MR) is 136 cm³/mol. The van der Waals surface area contributed by atoms with E-state index in [1.54, 1.807) is 0 Å². The van der Waals surface area contributed by atoms with Crippen LogP contribution in [-0.2, 0) is 4.57 Å². The molecule has 0 spiro atoms. The van der Waals surface area contributed by atoms with Crippen LogP contribution in [0.25, 0.3) is 27.6 Å². The molecule has 0 unspecified atom stereocenters. The van der Waals surface area contributed by atoms with Crippen molar-refractivity contribution in [3.05, 3.63) is 122 Å². The van der Waals surface area contributed by atoms with Crippen LogP contribution in [0.15, 0.2) is 122 Å². The van der Waals surface area contributed by atoms with Gasteiger partial charge in [-0.25, -0.2) is 4.98 Å². The van der Waals surface area contributed by atoms with Crippen LogP contribution in [-0.4, -0.2) is 14.5 Å². The Balaban J connectivity index is 1.64. The summed E-state index contributed by atoms with van der Waals surface area (Å²) >= 11 is 0. The Morgan fingerprint density at radius 1 is 0.606 bits per heavy atom. The Labute approximate surface area is 191 Å². The van der Waals surface area contributed by atoms with Crippen LogP contribution in [0.4, 0.5) is 0 Å². The zero-order chi connectivity index (χ0) is 22.3. The maximum Gasteiger partial charge on any atom is 0.188 e. The molecule has 3 heterocycles. The van der Waals surface area contributed by atoms with E-state index < -0.39 is 7.14 Å². The Bertz CT molecular complexity index is 1550. The fourth-order valence-electron chi connectivity index (χ4n) is 4.47. The van der Waals surface area contributed by atoms with Gasteiger partial charge in [-0.2, -0.15) is 0 Å². The summed E-state index contributed by atoms with van der Waals surface area (Å²) in [6.45, 7) is 0. The number of fused-ring (bicyclic) bond motifs is 3. The van der Waals surface area contributed by atoms with Crippen molar-refractivity contribution in [3.63, 3.8) is 0 Å². The third kappa shape index (κ3) is 3.11. The third-order valence-electron chi connectivity index (χ3n) is 5.99. The van der Waals surface area contributed by atoms with Gasteiger partial charge in [-0.1, -0.05) is 84.9 Å². The molecule has 4 nitrogen and oxygen atoms in total. The Hall–Kier alpha value is -4.01. The average molecular weight is 445 g/mol. The minimum Gasteiger partial charge on any atom is -0.307 e. The smallest absolute Gasteiger partial charge is 0.188 e. The molecular formula is C28H20N3OP. The second-order valence-electron chi connectivity index (χ2n) is 7.88. The molecule has 6 aromatic rings. The number of rotatable bonds is 4. The van der Waals surface area contributed by atoms with Gasteiger partial charge in [-0.3, -0.25) is 9.55 Å². The molecule has 0 saturated heterocycles. The second kappa shape index (κ2) is 7.84. The molecule has 0 aliphatic heterocycles. The van der Waals surface area contributed by atoms with Gasteiger partial charge in [0, 0.05) is 27.6 Å². The van der Waals surface area contributed by atoms with Crippen molar-refractivity contribution < 1.29 is 4.57 Å². The van der Waals surface area contributed by atoms with Crippen LogP contribution in [0.5, 0.6) is 0 Å². The lowest BCUT2D eigenvalue weighted by Crippen LogP contribution is -2.27. The molecule has 0 N–H and O–H groups in total. The molecular weight excluding hydrogens is 425 g/mol. The van der Waals surface area contributed by atoms with E-state index in [0.717, 1.165) is 38.2 Å². The van der Waals surface area contributed by atoms with E-state index in [1.807, 2.05) is 109 Å². The highest BCUT2D eigenvalue weighted by Gasteiger charge is 2.31. The van der Waals surface area contributed by atoms with E-state index in [9.17, 15) is 4.57 Å². The molecule has 3 aromatic heterocycles. The molecule has 0 aliphatic carbocycles. The van der Waals surface area contributed by atoms with Crippen molar-refractivity contribution in [1.82, 2.24) is 14.5 Å². The van der Waals surface area contributed by atoms with Gasteiger partial charge in [0.15, 0.2) is 7.14 Å². The largest absolute Gasteiger partial charge is 0.307 e. The summed E-state index contributed by atoms with van der Waals surface area (Å²) in [6, 6.07) is 35.3. The summed E-state index contributed by atoms with van der Waals surface area (Å²) in [6.07, 6.45) is 3.67. The van der Waals surface area contributed by atoms with E-state index in [0.29, 0.717) is 5.44 Å². The lowest BCUT2D eigenvalue weighted by Gasteiger charge is -2.20. The molecule has 0 radical (unpaired) electrons. The van der Waals surface area contributed by atoms with Gasteiger partial charge in [0.2, 0.25) is 0 Å². The SMILES string of the molecule is O=P(c1ccccc1)(c1ccccc1)c1cccc(-n2c3ccccc3c3ccncc32)n1. The molecule has 6 rings (SSSR count). The van der Waals surface area contributed by atoms with E-state index in [2.05, 4.69) is 21.7 Å². The Kier molecular flexibility index (Phi) is 4.67. The van der Waals surface area contributed by atoms with Crippen LogP contribution in [0.3, 0.4) is 0 Å². The maximum atomic E-state index is 14.8. The molecule has 158 valence electrons. The number of hydrogen-bond acceptors (Lipinski definition) is 3. The second-order valence-corrected chi connectivity index (χ2v) is 10.6. The van der Waals surface area contributed by atoms with Crippen LogP contribution in [0.2, 0.25) is 0 Å². The first-order chi connectivity index (χ1) is 16.3. The molecule has 3 aromatic carbocycles. The highest BCUT2D eigenvalue weighted by Crippen LogP contribution is 2.42. The van der Waals surface area contributed by atoms with Gasteiger partial charge in [0.1, 0.15) is 11.3 Å². The maximum absolute atomic E-state index is 14.8. The van der Waals surface area contributed by atoms with Gasteiger partial charge >= 0.3 is 0 Å². The number of benzene rings is 3. The quantitative estimate of drug-likeness (QED) is 0.350. The van der Waals surface area contributed by atoms with E-state index in [-0.39, 0.29) is 0 Å². The van der Waals surface area contributed by atoms with Crippen molar-refractivity contribution in [2.24, 2.45) is 0 Å². The van der Waals surface area contributed by atoms with Crippen molar-refractivity contribution in [3.8, 4) is 5.82 Å². The number of aromatic nitrogens is 3. The van der Waals surface area contributed by atoms with Crippen LogP contribution < -0.4 is 16.0 Å². The van der Waals surface area contributed by atoms with Crippen LogP contribution >= 0.6 is 7.14 Å². The van der Waals surface area contributed by atoms with Crippen LogP contribution in [0, 0.1) is 0 Å². The highest BCUT2D eigenvalue weighted by atomic mass is 31.2. The summed E-state index contributed by atoms with van der Waals surface area (Å²) in [5, 5.41) is 3.79. The van der Waals surface area contributed by atoms with Crippen molar-refractivity contribution in [1.29, 1.82) is 0 Å². The van der Waals surface area contributed by atoms with Crippen LogP contribution in [0.1, 0.15) is 0 Å². The monoisotopic (exact) mass is 445 g/mol. The summed E-state index contributed by atoms with van der Waals surface area (Å²) < 4.78 is 16.9. The predicted octanol–water partition coefficient (Wildman–Crippen LogP) is 5.21. The summed E-state index contributed by atoms with van der Waals surface area (Å²) in [7, 11) is -3.17. The van der Waals surface area contributed by atoms with Crippen molar-refractivity contribution in [2.75, 3.05) is 0 Å². The standard InChI is InChI=1S/C28H20N3OP/c32-33(21-10-3-1-4-11-21,22-12-5-2-6-13-22)28-17-9-16-27(30-28)31-25-15-8-7-14-23(25)24-18-19-29-20-26(24)31/h1-20H. The summed E-state index contributed by atoms with van der Waals surface area (Å²) in [4.78, 5) is 9.37. The molecule has 0 aliphatic rings. The first-order valence-corrected chi connectivity index (χ1v) is 12.5. The van der Waals surface area contributed by atoms with Crippen molar-refractivity contribution in [2.45, 2.75) is 0 Å². The number of hydrogen-bond donors (Lipinski definition) is 0. The minimum absolute atomic E-state index is 0.562. The topological polar surface area (TPSA) is 47.8 Å². The lowest BCUT2D eigenvalue weighted by molar-refractivity contribution is 0.592. The molecule has 5 heteroatoms. The van der Waals surface area contributed by atoms with Crippen molar-refractivity contribution >= 4 is 45.0 Å². The fourth-order valence-corrected chi connectivity index (χ4v) is 7.02. The molecule has 0 saturated carbocycles. The zero-order valence-corrected chi connectivity index (χ0v) is 18.6. The molecule has 33 heavy (non-hydrogen) atoms. The number of para-hydroxylation sites is 1. The van der Waals surface area contributed by atoms with Gasteiger partial charge in [0.05, 0.1) is 17.2 Å². The first-order valence-electron chi connectivity index (χ1n) is 10.8. The molecule has 0 amide bonds. The van der Waals surface area contributed by atoms with E-state index in [1.165, 1.54) is 0 Å². The molecule has 0 atom stereocenters. The third-order valence-corrected chi connectivity index (χ3v) is 8.93. The first kappa shape index (κ1) is 19.7. The van der Waals surface area contributed by atoms with Gasteiger partial charge < -0.3 is 4.57 Å². The number of pyridine rings is 2. The number of nitrogens with zero attached hydrogens (tertiary/aromatic N) is 3. The average Bonchev–Trinajstić information content (AvgIpc) is 3.24.